The van der Waals surface area contributed by atoms with E-state index in [1.165, 1.54) is 0 Å². The molecule has 0 bridgehead atoms. The third-order valence-electron chi connectivity index (χ3n) is 5.06. The van der Waals surface area contributed by atoms with Crippen LogP contribution in [-0.4, -0.2) is 21.8 Å². The summed E-state index contributed by atoms with van der Waals surface area (Å²) in [6.07, 6.45) is 3.69. The van der Waals surface area contributed by atoms with Crippen molar-refractivity contribution in [2.75, 3.05) is 0 Å². The van der Waals surface area contributed by atoms with E-state index in [-0.39, 0.29) is 11.8 Å². The van der Waals surface area contributed by atoms with Crippen LogP contribution in [-0.2, 0) is 9.59 Å². The Morgan fingerprint density at radius 3 is 1.56 bits per heavy atom. The van der Waals surface area contributed by atoms with Crippen molar-refractivity contribution in [2.24, 2.45) is 0 Å². The van der Waals surface area contributed by atoms with Crippen LogP contribution in [0.25, 0.3) is 21.8 Å². The van der Waals surface area contributed by atoms with E-state index in [0.717, 1.165) is 32.9 Å². The van der Waals surface area contributed by atoms with Crippen molar-refractivity contribution in [3.8, 4) is 0 Å². The van der Waals surface area contributed by atoms with E-state index in [2.05, 4.69) is 15.3 Å². The molecule has 1 saturated heterocycles. The molecule has 0 radical (unpaired) electrons. The summed E-state index contributed by atoms with van der Waals surface area (Å²) in [4.78, 5) is 31.6. The van der Waals surface area contributed by atoms with E-state index in [9.17, 15) is 9.59 Å². The fourth-order valence-electron chi connectivity index (χ4n) is 3.92. The SMILES string of the molecule is O=C1NC(=O)[C@H](c2c[nH]c3ccccc23)[C@H]1c1c[nH]c2ccccc12. The Hall–Kier alpha value is -3.34. The van der Waals surface area contributed by atoms with E-state index >= 15 is 0 Å². The minimum Gasteiger partial charge on any atom is -0.361 e. The number of rotatable bonds is 2. The average Bonchev–Trinajstić information content (AvgIpc) is 3.30. The van der Waals surface area contributed by atoms with Gasteiger partial charge < -0.3 is 9.97 Å². The Labute approximate surface area is 143 Å². The molecule has 1 aliphatic rings. The molecular formula is C20H15N3O2. The highest BCUT2D eigenvalue weighted by molar-refractivity contribution is 6.13. The number of H-pyrrole nitrogens is 2. The number of hydrogen-bond donors (Lipinski definition) is 3. The van der Waals surface area contributed by atoms with Gasteiger partial charge in [-0.3, -0.25) is 14.9 Å². The van der Waals surface area contributed by atoms with E-state index in [4.69, 9.17) is 0 Å². The third-order valence-corrected chi connectivity index (χ3v) is 5.06. The number of fused-ring (bicyclic) bond motifs is 2. The fraction of sp³-hybridized carbons (Fsp3) is 0.100. The van der Waals surface area contributed by atoms with Gasteiger partial charge in [0.2, 0.25) is 11.8 Å². The molecule has 5 rings (SSSR count). The average molecular weight is 329 g/mol. The van der Waals surface area contributed by atoms with Gasteiger partial charge in [0, 0.05) is 34.2 Å². The van der Waals surface area contributed by atoms with E-state index in [0.29, 0.717) is 0 Å². The molecule has 2 aromatic carbocycles. The number of imide groups is 1. The molecule has 3 heterocycles. The van der Waals surface area contributed by atoms with Crippen molar-refractivity contribution < 1.29 is 9.59 Å². The molecule has 1 fully saturated rings. The number of amides is 2. The number of aromatic amines is 2. The second-order valence-corrected chi connectivity index (χ2v) is 6.39. The normalized spacial score (nSPS) is 20.5. The number of hydrogen-bond acceptors (Lipinski definition) is 2. The second kappa shape index (κ2) is 5.08. The highest BCUT2D eigenvalue weighted by Gasteiger charge is 2.45. The van der Waals surface area contributed by atoms with Crippen molar-refractivity contribution in [1.82, 2.24) is 15.3 Å². The lowest BCUT2D eigenvalue weighted by Gasteiger charge is -2.14. The van der Waals surface area contributed by atoms with Gasteiger partial charge in [-0.2, -0.15) is 0 Å². The smallest absolute Gasteiger partial charge is 0.235 e. The van der Waals surface area contributed by atoms with Gasteiger partial charge >= 0.3 is 0 Å². The van der Waals surface area contributed by atoms with Crippen LogP contribution in [0, 0.1) is 0 Å². The Kier molecular flexibility index (Phi) is 2.85. The van der Waals surface area contributed by atoms with Gasteiger partial charge in [0.25, 0.3) is 0 Å². The molecule has 2 aromatic heterocycles. The molecule has 5 nitrogen and oxygen atoms in total. The number of nitrogens with one attached hydrogen (secondary N) is 3. The Bertz CT molecular complexity index is 1050. The standard InChI is InChI=1S/C20H15N3O2/c24-19-17(13-9-21-15-7-3-1-5-11(13)15)18(20(25)23-19)14-10-22-16-8-4-2-6-12(14)16/h1-10,17-18,21-22H,(H,23,24,25)/t17-,18-/m1/s1. The third kappa shape index (κ3) is 1.96. The van der Waals surface area contributed by atoms with Crippen LogP contribution in [0.3, 0.4) is 0 Å². The molecule has 0 unspecified atom stereocenters. The molecular weight excluding hydrogens is 314 g/mol. The van der Waals surface area contributed by atoms with Gasteiger partial charge in [0.15, 0.2) is 0 Å². The maximum absolute atomic E-state index is 12.6. The second-order valence-electron chi connectivity index (χ2n) is 6.39. The van der Waals surface area contributed by atoms with E-state index in [1.807, 2.05) is 60.9 Å². The van der Waals surface area contributed by atoms with Gasteiger partial charge in [-0.25, -0.2) is 0 Å². The first-order valence-corrected chi connectivity index (χ1v) is 8.21. The summed E-state index contributed by atoms with van der Waals surface area (Å²) in [7, 11) is 0. The van der Waals surface area contributed by atoms with E-state index < -0.39 is 11.8 Å². The predicted octanol–water partition coefficient (Wildman–Crippen LogP) is 3.17. The molecule has 3 N–H and O–H groups in total. The molecule has 5 heteroatoms. The van der Waals surface area contributed by atoms with Crippen molar-refractivity contribution in [3.05, 3.63) is 72.1 Å². The van der Waals surface area contributed by atoms with Crippen molar-refractivity contribution in [3.63, 3.8) is 0 Å². The summed E-state index contributed by atoms with van der Waals surface area (Å²) in [6.45, 7) is 0. The first kappa shape index (κ1) is 14.0. The molecule has 0 aliphatic carbocycles. The minimum atomic E-state index is -0.539. The molecule has 1 aliphatic heterocycles. The van der Waals surface area contributed by atoms with Gasteiger partial charge in [-0.1, -0.05) is 36.4 Å². The highest BCUT2D eigenvalue weighted by atomic mass is 16.2. The summed E-state index contributed by atoms with van der Waals surface area (Å²) in [6, 6.07) is 15.7. The lowest BCUT2D eigenvalue weighted by molar-refractivity contribution is -0.125. The summed E-state index contributed by atoms with van der Waals surface area (Å²) < 4.78 is 0. The van der Waals surface area contributed by atoms with Crippen LogP contribution in [0.2, 0.25) is 0 Å². The lowest BCUT2D eigenvalue weighted by atomic mass is 9.83. The summed E-state index contributed by atoms with van der Waals surface area (Å²) in [5, 5.41) is 4.47. The Morgan fingerprint density at radius 1 is 0.640 bits per heavy atom. The molecule has 2 amide bonds. The monoisotopic (exact) mass is 329 g/mol. The van der Waals surface area contributed by atoms with Gasteiger partial charge in [-0.15, -0.1) is 0 Å². The maximum atomic E-state index is 12.6. The van der Waals surface area contributed by atoms with Gasteiger partial charge in [-0.05, 0) is 23.3 Å². The lowest BCUT2D eigenvalue weighted by Crippen LogP contribution is -2.21. The number of aromatic nitrogens is 2. The molecule has 25 heavy (non-hydrogen) atoms. The predicted molar refractivity (Wildman–Crippen MR) is 95.2 cm³/mol. The number of carbonyl (C=O) groups excluding carboxylic acids is 2. The Balaban J connectivity index is 1.72. The number of benzene rings is 2. The van der Waals surface area contributed by atoms with Crippen molar-refractivity contribution in [1.29, 1.82) is 0 Å². The fourth-order valence-corrected chi connectivity index (χ4v) is 3.92. The first-order chi connectivity index (χ1) is 12.2. The topological polar surface area (TPSA) is 77.8 Å². The number of para-hydroxylation sites is 2. The number of carbonyl (C=O) groups is 2. The molecule has 2 atom stereocenters. The Morgan fingerprint density at radius 2 is 1.08 bits per heavy atom. The van der Waals surface area contributed by atoms with Crippen LogP contribution in [0.15, 0.2) is 60.9 Å². The summed E-state index contributed by atoms with van der Waals surface area (Å²) in [5.41, 5.74) is 3.63. The van der Waals surface area contributed by atoms with Crippen LogP contribution in [0.1, 0.15) is 23.0 Å². The summed E-state index contributed by atoms with van der Waals surface area (Å²) in [5.74, 6) is -1.57. The largest absolute Gasteiger partial charge is 0.361 e. The van der Waals surface area contributed by atoms with E-state index in [1.54, 1.807) is 0 Å². The zero-order valence-electron chi connectivity index (χ0n) is 13.2. The quantitative estimate of drug-likeness (QED) is 0.494. The first-order valence-electron chi connectivity index (χ1n) is 8.21. The summed E-state index contributed by atoms with van der Waals surface area (Å²) >= 11 is 0. The van der Waals surface area contributed by atoms with Crippen molar-refractivity contribution >= 4 is 33.6 Å². The van der Waals surface area contributed by atoms with Crippen molar-refractivity contribution in [2.45, 2.75) is 11.8 Å². The zero-order valence-corrected chi connectivity index (χ0v) is 13.2. The molecule has 0 spiro atoms. The van der Waals surface area contributed by atoms with Crippen LogP contribution in [0.5, 0.6) is 0 Å². The zero-order chi connectivity index (χ0) is 17.0. The molecule has 122 valence electrons. The van der Waals surface area contributed by atoms with Gasteiger partial charge in [0.1, 0.15) is 0 Å². The molecule has 4 aromatic rings. The van der Waals surface area contributed by atoms with Gasteiger partial charge in [0.05, 0.1) is 11.8 Å². The van der Waals surface area contributed by atoms with Crippen LogP contribution >= 0.6 is 0 Å². The molecule has 0 saturated carbocycles. The maximum Gasteiger partial charge on any atom is 0.235 e. The van der Waals surface area contributed by atoms with Crippen LogP contribution < -0.4 is 5.32 Å². The minimum absolute atomic E-state index is 0.245. The highest BCUT2D eigenvalue weighted by Crippen LogP contribution is 2.42. The van der Waals surface area contributed by atoms with Crippen LogP contribution in [0.4, 0.5) is 0 Å².